The van der Waals surface area contributed by atoms with Crippen molar-refractivity contribution in [2.24, 2.45) is 5.73 Å². The topological polar surface area (TPSA) is 232 Å². The monoisotopic (exact) mass is 1480 g/mol. The second-order valence-electron chi connectivity index (χ2n) is 26.7. The lowest BCUT2D eigenvalue weighted by molar-refractivity contribution is 0.0810. The van der Waals surface area contributed by atoms with E-state index in [4.69, 9.17) is 25.2 Å². The number of halogens is 1. The minimum absolute atomic E-state index is 0.0698. The number of carbonyl (C=O) groups is 4. The fourth-order valence-corrected chi connectivity index (χ4v) is 13.2. The zero-order valence-corrected chi connectivity index (χ0v) is 63.6. The molecular formula is C87H94BrN11O7. The number of fused-ring (bicyclic) bond motifs is 9. The van der Waals surface area contributed by atoms with E-state index in [9.17, 15) is 19.2 Å². The second kappa shape index (κ2) is 39.6. The third-order valence-corrected chi connectivity index (χ3v) is 18.5. The molecule has 18 nitrogen and oxygen atoms in total. The van der Waals surface area contributed by atoms with Crippen molar-refractivity contribution in [1.29, 1.82) is 5.26 Å². The molecule has 0 saturated heterocycles. The first-order valence-electron chi connectivity index (χ1n) is 36.0. The Morgan fingerprint density at radius 1 is 0.491 bits per heavy atom. The van der Waals surface area contributed by atoms with Gasteiger partial charge < -0.3 is 40.0 Å². The number of aromatic nitrogens is 5. The Bertz CT molecular complexity index is 4980. The van der Waals surface area contributed by atoms with Crippen LogP contribution in [0.3, 0.4) is 0 Å². The van der Waals surface area contributed by atoms with Crippen LogP contribution < -0.4 is 11.1 Å². The Kier molecular flexibility index (Phi) is 29.5. The van der Waals surface area contributed by atoms with E-state index in [0.717, 1.165) is 94.2 Å². The Balaban J connectivity index is 0.000000144. The van der Waals surface area contributed by atoms with Gasteiger partial charge in [0, 0.05) is 122 Å². The van der Waals surface area contributed by atoms with Gasteiger partial charge in [-0.15, -0.1) is 0 Å². The molecule has 546 valence electrons. The fraction of sp³-hybridized carbons (Fsp3) is 0.287. The lowest BCUT2D eigenvalue weighted by Gasteiger charge is -2.23. The Morgan fingerprint density at radius 3 is 1.43 bits per heavy atom. The van der Waals surface area contributed by atoms with E-state index in [2.05, 4.69) is 76.5 Å². The first-order chi connectivity index (χ1) is 51.3. The third-order valence-electron chi connectivity index (χ3n) is 17.8. The summed E-state index contributed by atoms with van der Waals surface area (Å²) >= 11 is 3.46. The van der Waals surface area contributed by atoms with Crippen LogP contribution in [0.5, 0.6) is 0 Å². The van der Waals surface area contributed by atoms with Crippen LogP contribution in [0.2, 0.25) is 0 Å². The molecule has 7 aromatic carbocycles. The van der Waals surface area contributed by atoms with E-state index in [1.54, 1.807) is 60.9 Å². The highest BCUT2D eigenvalue weighted by molar-refractivity contribution is 9.10. The molecule has 0 radical (unpaired) electrons. The number of hydrogen-bond donors (Lipinski definition) is 2. The summed E-state index contributed by atoms with van der Waals surface area (Å²) in [5, 5.41) is 16.8. The average Bonchev–Trinajstić information content (AvgIpc) is 1.73. The van der Waals surface area contributed by atoms with Crippen LogP contribution in [0.15, 0.2) is 217 Å². The number of hydrogen-bond acceptors (Lipinski definition) is 14. The highest BCUT2D eigenvalue weighted by Gasteiger charge is 2.29. The maximum absolute atomic E-state index is 11.8. The summed E-state index contributed by atoms with van der Waals surface area (Å²) in [5.74, 6) is 0.193. The van der Waals surface area contributed by atoms with Gasteiger partial charge in [-0.3, -0.25) is 29.7 Å². The number of pyridine rings is 5. The quantitative estimate of drug-likeness (QED) is 0.121. The number of amides is 4. The Labute approximate surface area is 630 Å². The fourth-order valence-electron chi connectivity index (χ4n) is 12.7. The van der Waals surface area contributed by atoms with E-state index < -0.39 is 6.09 Å². The van der Waals surface area contributed by atoms with Crippen molar-refractivity contribution in [3.8, 4) is 6.07 Å². The van der Waals surface area contributed by atoms with Crippen LogP contribution in [0, 0.1) is 11.3 Å². The first-order valence-corrected chi connectivity index (χ1v) is 36.8. The van der Waals surface area contributed by atoms with Crippen LogP contribution in [-0.4, -0.2) is 103 Å². The van der Waals surface area contributed by atoms with Gasteiger partial charge in [0.25, 0.3) is 5.91 Å². The van der Waals surface area contributed by atoms with Gasteiger partial charge in [-0.1, -0.05) is 113 Å². The third kappa shape index (κ3) is 22.2. The van der Waals surface area contributed by atoms with Crippen LogP contribution >= 0.6 is 15.9 Å². The van der Waals surface area contributed by atoms with Crippen LogP contribution in [0.25, 0.3) is 54.5 Å². The average molecular weight is 1490 g/mol. The molecule has 1 aliphatic heterocycles. The Hall–Kier alpha value is -11.2. The van der Waals surface area contributed by atoms with E-state index >= 15 is 0 Å². The van der Waals surface area contributed by atoms with Crippen molar-refractivity contribution in [2.75, 3.05) is 21.1 Å². The molecule has 12 aromatic rings. The molecule has 19 heteroatoms. The number of nitriles is 1. The lowest BCUT2D eigenvalue weighted by atomic mass is 9.87. The molecule has 6 heterocycles. The first kappa shape index (κ1) is 78.9. The number of rotatable bonds is 10. The molecule has 0 fully saturated rings. The lowest BCUT2D eigenvalue weighted by Crippen LogP contribution is -2.29. The molecule has 5 aromatic heterocycles. The highest BCUT2D eigenvalue weighted by atomic mass is 79.9. The SMILES string of the molecule is Brc1cccc2ncccc12.CC(C)OC(=O)N(C)Cc1cccc2c1CCCC2.CC(C)OC(=O)N(C)Cc1cccc2ncccc12.CC(C)OC(=O)NCc1cccc2ncccc12.CN1Cc2c(ccc3c2CCCC3)C1=O.N#Cc1cccc2ncccc12.NCc1cccc2ncccc12. The summed E-state index contributed by atoms with van der Waals surface area (Å²) in [7, 11) is 5.42. The molecule has 106 heavy (non-hydrogen) atoms. The summed E-state index contributed by atoms with van der Waals surface area (Å²) in [5.41, 5.74) is 23.6. The van der Waals surface area contributed by atoms with Gasteiger partial charge in [0.2, 0.25) is 0 Å². The standard InChI is InChI=1S/C16H23NO2.C15H18N2O2.C14H16N2O2.C13H15NO.C10H10N2.C10H6N2.C9H6BrN/c1-12(2)19-16(18)17(3)11-14-9-6-8-13-7-4-5-10-15(13)14;1-11(2)19-15(18)17(3)10-12-6-4-8-14-13(12)7-5-9-16-14;1-10(2)18-14(17)16-9-11-5-3-7-13-12(11)6-4-8-15-13;1-14-8-12-10-5-3-2-4-9(10)6-7-11(12)13(14)15;2*11-7-8-3-1-5-10-9(8)4-2-6-12-10;10-8-4-1-5-9-7(8)3-2-6-11-9/h6,8-9,12H,4-5,7,10-11H2,1-3H3;4-9,11H,10H2,1-3H3;3-8,10H,9H2,1-2H3,(H,16,17);6-7H,2-5,8H2,1H3;1-6H,7,11H2;1-6H;1-6H. The number of carbonyl (C=O) groups excluding carboxylic acids is 4. The molecular weight excluding hydrogens is 1390 g/mol. The van der Waals surface area contributed by atoms with Crippen molar-refractivity contribution >= 4 is 94.6 Å². The number of benzene rings is 7. The van der Waals surface area contributed by atoms with Gasteiger partial charge in [0.15, 0.2) is 0 Å². The molecule has 0 saturated carbocycles. The second-order valence-corrected chi connectivity index (χ2v) is 27.6. The van der Waals surface area contributed by atoms with E-state index in [1.807, 2.05) is 205 Å². The Morgan fingerprint density at radius 2 is 0.906 bits per heavy atom. The predicted octanol–water partition coefficient (Wildman–Crippen LogP) is 18.6. The van der Waals surface area contributed by atoms with Gasteiger partial charge in [-0.05, 0) is 228 Å². The van der Waals surface area contributed by atoms with Crippen LogP contribution in [0.1, 0.15) is 133 Å². The minimum atomic E-state index is -0.397. The smallest absolute Gasteiger partial charge is 0.410 e. The molecule has 4 amide bonds. The van der Waals surface area contributed by atoms with Crippen molar-refractivity contribution in [2.45, 2.75) is 144 Å². The van der Waals surface area contributed by atoms with Gasteiger partial charge in [-0.2, -0.15) is 5.26 Å². The highest BCUT2D eigenvalue weighted by Crippen LogP contribution is 2.33. The summed E-state index contributed by atoms with van der Waals surface area (Å²) in [6, 6.07) is 61.6. The number of nitrogens with one attached hydrogen (secondary N) is 1. The normalized spacial score (nSPS) is 12.3. The van der Waals surface area contributed by atoms with E-state index in [1.165, 1.54) is 78.3 Å². The zero-order valence-electron chi connectivity index (χ0n) is 62.0. The van der Waals surface area contributed by atoms with Crippen molar-refractivity contribution in [3.05, 3.63) is 279 Å². The summed E-state index contributed by atoms with van der Waals surface area (Å²) in [6.45, 7) is 14.0. The maximum atomic E-state index is 11.8. The number of ether oxygens (including phenoxy) is 3. The van der Waals surface area contributed by atoms with Crippen molar-refractivity contribution in [3.63, 3.8) is 0 Å². The summed E-state index contributed by atoms with van der Waals surface area (Å²) in [4.78, 5) is 73.0. The molecule has 0 spiro atoms. The largest absolute Gasteiger partial charge is 0.447 e. The van der Waals surface area contributed by atoms with Gasteiger partial charge in [0.05, 0.1) is 57.5 Å². The molecule has 15 rings (SSSR count). The molecule has 3 N–H and O–H groups in total. The predicted molar refractivity (Wildman–Crippen MR) is 426 cm³/mol. The van der Waals surface area contributed by atoms with E-state index in [-0.39, 0.29) is 36.4 Å². The van der Waals surface area contributed by atoms with Gasteiger partial charge in [-0.25, -0.2) is 14.4 Å². The zero-order chi connectivity index (χ0) is 75.5. The van der Waals surface area contributed by atoms with Crippen molar-refractivity contribution in [1.82, 2.24) is 44.9 Å². The molecule has 0 unspecified atom stereocenters. The molecule has 0 bridgehead atoms. The van der Waals surface area contributed by atoms with E-state index in [0.29, 0.717) is 31.7 Å². The number of alkyl carbamates (subject to hydrolysis) is 1. The summed E-state index contributed by atoms with van der Waals surface area (Å²) < 4.78 is 16.5. The minimum Gasteiger partial charge on any atom is -0.447 e. The summed E-state index contributed by atoms with van der Waals surface area (Å²) in [6.07, 6.45) is 17.4. The number of nitrogens with zero attached hydrogens (tertiary/aromatic N) is 9. The van der Waals surface area contributed by atoms with Gasteiger partial charge >= 0.3 is 18.3 Å². The molecule has 2 aliphatic carbocycles. The number of nitrogens with two attached hydrogens (primary N) is 1. The van der Waals surface area contributed by atoms with Crippen LogP contribution in [-0.2, 0) is 72.6 Å². The van der Waals surface area contributed by atoms with Gasteiger partial charge in [0.1, 0.15) is 0 Å². The maximum Gasteiger partial charge on any atom is 0.410 e. The number of aryl methyl sites for hydroxylation is 2. The van der Waals surface area contributed by atoms with Crippen molar-refractivity contribution < 1.29 is 33.4 Å². The molecule has 3 aliphatic rings. The van der Waals surface area contributed by atoms with Crippen LogP contribution in [0.4, 0.5) is 14.4 Å². The molecule has 0 atom stereocenters.